The van der Waals surface area contributed by atoms with Crippen LogP contribution in [0.4, 0.5) is 5.69 Å². The van der Waals surface area contributed by atoms with Gasteiger partial charge in [-0.05, 0) is 30.3 Å². The lowest BCUT2D eigenvalue weighted by Crippen LogP contribution is -2.49. The highest BCUT2D eigenvalue weighted by atomic mass is 35.5. The molecule has 0 radical (unpaired) electrons. The number of para-hydroxylation sites is 2. The predicted molar refractivity (Wildman–Crippen MR) is 93.1 cm³/mol. The largest absolute Gasteiger partial charge is 0.477 e. The SMILES string of the molecule is CN1C(=O)C(CNC(=O)c2ccc(Cl)c(Cl)c2)Oc2ccccc21. The molecular formula is C17H14Cl2N2O3. The van der Waals surface area contributed by atoms with Gasteiger partial charge in [-0.25, -0.2) is 0 Å². The molecule has 7 heteroatoms. The van der Waals surface area contributed by atoms with Crippen molar-refractivity contribution in [1.82, 2.24) is 5.32 Å². The first-order chi connectivity index (χ1) is 11.5. The zero-order valence-electron chi connectivity index (χ0n) is 12.8. The van der Waals surface area contributed by atoms with Crippen molar-refractivity contribution in [2.24, 2.45) is 0 Å². The maximum Gasteiger partial charge on any atom is 0.269 e. The van der Waals surface area contributed by atoms with Crippen molar-refractivity contribution in [3.8, 4) is 5.75 Å². The molecule has 1 atom stereocenters. The van der Waals surface area contributed by atoms with Crippen LogP contribution >= 0.6 is 23.2 Å². The number of amides is 2. The molecule has 1 aliphatic heterocycles. The molecule has 0 fully saturated rings. The number of hydrogen-bond acceptors (Lipinski definition) is 3. The molecule has 2 amide bonds. The molecule has 3 rings (SSSR count). The number of fused-ring (bicyclic) bond motifs is 1. The molecule has 5 nitrogen and oxygen atoms in total. The minimum atomic E-state index is -0.781. The number of carbonyl (C=O) groups is 2. The fourth-order valence-electron chi connectivity index (χ4n) is 2.43. The third-order valence-corrected chi connectivity index (χ3v) is 4.47. The van der Waals surface area contributed by atoms with E-state index in [1.807, 2.05) is 12.1 Å². The number of ether oxygens (including phenoxy) is 1. The van der Waals surface area contributed by atoms with Gasteiger partial charge < -0.3 is 15.0 Å². The fraction of sp³-hybridized carbons (Fsp3) is 0.176. The number of nitrogens with one attached hydrogen (secondary N) is 1. The minimum Gasteiger partial charge on any atom is -0.477 e. The quantitative estimate of drug-likeness (QED) is 0.909. The monoisotopic (exact) mass is 364 g/mol. The Kier molecular flexibility index (Phi) is 4.64. The lowest BCUT2D eigenvalue weighted by molar-refractivity contribution is -0.125. The van der Waals surface area contributed by atoms with Crippen LogP contribution < -0.4 is 15.0 Å². The predicted octanol–water partition coefficient (Wildman–Crippen LogP) is 3.15. The Hall–Kier alpha value is -2.24. The normalized spacial score (nSPS) is 16.4. The Morgan fingerprint density at radius 1 is 1.21 bits per heavy atom. The topological polar surface area (TPSA) is 58.6 Å². The first-order valence-electron chi connectivity index (χ1n) is 7.24. The van der Waals surface area contributed by atoms with E-state index in [-0.39, 0.29) is 18.4 Å². The Bertz CT molecular complexity index is 810. The van der Waals surface area contributed by atoms with Gasteiger partial charge in [-0.15, -0.1) is 0 Å². The summed E-state index contributed by atoms with van der Waals surface area (Å²) in [6.45, 7) is 0.0522. The molecule has 2 aromatic rings. The summed E-state index contributed by atoms with van der Waals surface area (Å²) in [5, 5.41) is 3.35. The number of anilines is 1. The number of benzene rings is 2. The molecule has 0 saturated carbocycles. The zero-order chi connectivity index (χ0) is 17.3. The van der Waals surface area contributed by atoms with E-state index in [0.29, 0.717) is 27.0 Å². The first-order valence-corrected chi connectivity index (χ1v) is 7.99. The Balaban J connectivity index is 1.69. The average molecular weight is 365 g/mol. The highest BCUT2D eigenvalue weighted by molar-refractivity contribution is 6.42. The molecule has 0 aliphatic carbocycles. The molecule has 0 saturated heterocycles. The summed E-state index contributed by atoms with van der Waals surface area (Å²) in [7, 11) is 1.68. The van der Waals surface area contributed by atoms with Crippen molar-refractivity contribution in [1.29, 1.82) is 0 Å². The molecule has 1 aliphatic rings. The maximum absolute atomic E-state index is 12.3. The number of nitrogens with zero attached hydrogens (tertiary/aromatic N) is 1. The summed E-state index contributed by atoms with van der Waals surface area (Å²) < 4.78 is 5.69. The van der Waals surface area contributed by atoms with Crippen LogP contribution in [0.5, 0.6) is 5.75 Å². The molecule has 24 heavy (non-hydrogen) atoms. The van der Waals surface area contributed by atoms with Crippen LogP contribution in [0, 0.1) is 0 Å². The lowest BCUT2D eigenvalue weighted by atomic mass is 10.1. The molecule has 0 aromatic heterocycles. The van der Waals surface area contributed by atoms with Gasteiger partial charge in [0.25, 0.3) is 11.8 Å². The molecular weight excluding hydrogens is 351 g/mol. The number of halogens is 2. The number of rotatable bonds is 3. The van der Waals surface area contributed by atoms with Crippen LogP contribution in [-0.4, -0.2) is 31.5 Å². The van der Waals surface area contributed by atoms with Crippen molar-refractivity contribution in [2.75, 3.05) is 18.5 Å². The third kappa shape index (κ3) is 3.18. The van der Waals surface area contributed by atoms with Gasteiger partial charge in [-0.1, -0.05) is 35.3 Å². The van der Waals surface area contributed by atoms with Gasteiger partial charge in [-0.3, -0.25) is 9.59 Å². The van der Waals surface area contributed by atoms with Gasteiger partial charge in [0.2, 0.25) is 0 Å². The van der Waals surface area contributed by atoms with Crippen molar-refractivity contribution >= 4 is 40.7 Å². The average Bonchev–Trinajstić information content (AvgIpc) is 2.59. The number of likely N-dealkylation sites (N-methyl/N-ethyl adjacent to an activating group) is 1. The highest BCUT2D eigenvalue weighted by Gasteiger charge is 2.32. The molecule has 1 heterocycles. The third-order valence-electron chi connectivity index (χ3n) is 3.73. The van der Waals surface area contributed by atoms with E-state index in [1.54, 1.807) is 31.3 Å². The van der Waals surface area contributed by atoms with Crippen molar-refractivity contribution in [2.45, 2.75) is 6.10 Å². The molecule has 124 valence electrons. The summed E-state index contributed by atoms with van der Waals surface area (Å²) in [5.74, 6) is 0.0306. The van der Waals surface area contributed by atoms with E-state index in [4.69, 9.17) is 27.9 Å². The second-order valence-corrected chi connectivity index (χ2v) is 6.12. The van der Waals surface area contributed by atoms with Crippen LogP contribution in [0.15, 0.2) is 42.5 Å². The molecule has 1 N–H and O–H groups in total. The Morgan fingerprint density at radius 3 is 2.71 bits per heavy atom. The lowest BCUT2D eigenvalue weighted by Gasteiger charge is -2.31. The van der Waals surface area contributed by atoms with Gasteiger partial charge in [0.15, 0.2) is 6.10 Å². The van der Waals surface area contributed by atoms with Crippen LogP contribution in [-0.2, 0) is 4.79 Å². The number of hydrogen-bond donors (Lipinski definition) is 1. The summed E-state index contributed by atoms with van der Waals surface area (Å²) in [6.07, 6.45) is -0.781. The molecule has 0 spiro atoms. The van der Waals surface area contributed by atoms with Crippen molar-refractivity contribution in [3.63, 3.8) is 0 Å². The van der Waals surface area contributed by atoms with E-state index in [1.165, 1.54) is 11.0 Å². The molecule has 1 unspecified atom stereocenters. The summed E-state index contributed by atoms with van der Waals surface area (Å²) >= 11 is 11.7. The van der Waals surface area contributed by atoms with Crippen molar-refractivity contribution < 1.29 is 14.3 Å². The van der Waals surface area contributed by atoms with E-state index >= 15 is 0 Å². The zero-order valence-corrected chi connectivity index (χ0v) is 14.3. The van der Waals surface area contributed by atoms with Gasteiger partial charge >= 0.3 is 0 Å². The Morgan fingerprint density at radius 2 is 1.96 bits per heavy atom. The van der Waals surface area contributed by atoms with Crippen LogP contribution in [0.25, 0.3) is 0 Å². The summed E-state index contributed by atoms with van der Waals surface area (Å²) in [5.41, 5.74) is 1.07. The molecule has 2 aromatic carbocycles. The Labute approximate surface area is 149 Å². The standard InChI is InChI=1S/C17H14Cl2N2O3/c1-21-13-4-2-3-5-14(13)24-15(17(21)23)9-20-16(22)10-6-7-11(18)12(19)8-10/h2-8,15H,9H2,1H3,(H,20,22). The minimum absolute atomic E-state index is 0.0522. The van der Waals surface area contributed by atoms with Crippen LogP contribution in [0.3, 0.4) is 0 Å². The van der Waals surface area contributed by atoms with Crippen LogP contribution in [0.2, 0.25) is 10.0 Å². The van der Waals surface area contributed by atoms with Gasteiger partial charge in [-0.2, -0.15) is 0 Å². The van der Waals surface area contributed by atoms with E-state index in [9.17, 15) is 9.59 Å². The van der Waals surface area contributed by atoms with E-state index in [0.717, 1.165) is 0 Å². The highest BCUT2D eigenvalue weighted by Crippen LogP contribution is 2.32. The first kappa shape index (κ1) is 16.6. The van der Waals surface area contributed by atoms with E-state index in [2.05, 4.69) is 5.32 Å². The van der Waals surface area contributed by atoms with E-state index < -0.39 is 6.10 Å². The second-order valence-electron chi connectivity index (χ2n) is 5.31. The summed E-state index contributed by atoms with van der Waals surface area (Å²) in [4.78, 5) is 26.1. The summed E-state index contributed by atoms with van der Waals surface area (Å²) in [6, 6.07) is 11.8. The molecule has 0 bridgehead atoms. The van der Waals surface area contributed by atoms with Gasteiger partial charge in [0.05, 0.1) is 22.3 Å². The van der Waals surface area contributed by atoms with Crippen molar-refractivity contribution in [3.05, 3.63) is 58.1 Å². The fourth-order valence-corrected chi connectivity index (χ4v) is 2.72. The smallest absolute Gasteiger partial charge is 0.269 e. The second kappa shape index (κ2) is 6.71. The van der Waals surface area contributed by atoms with Crippen LogP contribution in [0.1, 0.15) is 10.4 Å². The maximum atomic E-state index is 12.3. The van der Waals surface area contributed by atoms with Gasteiger partial charge in [0, 0.05) is 12.6 Å². The number of carbonyl (C=O) groups excluding carboxylic acids is 2. The van der Waals surface area contributed by atoms with Gasteiger partial charge in [0.1, 0.15) is 5.75 Å².